The predicted octanol–water partition coefficient (Wildman–Crippen LogP) is 3.52. The van der Waals surface area contributed by atoms with Gasteiger partial charge in [0.2, 0.25) is 0 Å². The molecule has 0 atom stereocenters. The lowest BCUT2D eigenvalue weighted by Crippen LogP contribution is -2.20. The maximum absolute atomic E-state index is 12.4. The van der Waals surface area contributed by atoms with E-state index in [4.69, 9.17) is 10.5 Å². The molecule has 0 fully saturated rings. The second kappa shape index (κ2) is 7.98. The zero-order chi connectivity index (χ0) is 18.4. The van der Waals surface area contributed by atoms with Gasteiger partial charge in [0.25, 0.3) is 5.91 Å². The molecule has 3 aromatic rings. The van der Waals surface area contributed by atoms with Crippen molar-refractivity contribution in [1.29, 1.82) is 0 Å². The predicted molar refractivity (Wildman–Crippen MR) is 101 cm³/mol. The van der Waals surface area contributed by atoms with Crippen molar-refractivity contribution in [2.75, 3.05) is 17.7 Å². The minimum Gasteiger partial charge on any atom is -0.482 e. The van der Waals surface area contributed by atoms with Crippen LogP contribution < -0.4 is 15.8 Å². The van der Waals surface area contributed by atoms with Crippen molar-refractivity contribution >= 4 is 23.1 Å². The minimum absolute atomic E-state index is 0.120. The zero-order valence-corrected chi connectivity index (χ0v) is 14.0. The van der Waals surface area contributed by atoms with Gasteiger partial charge < -0.3 is 15.8 Å². The summed E-state index contributed by atoms with van der Waals surface area (Å²) in [7, 11) is 0. The summed E-state index contributed by atoms with van der Waals surface area (Å²) in [5.41, 5.74) is 8.02. The summed E-state index contributed by atoms with van der Waals surface area (Å²) in [4.78, 5) is 24.3. The van der Waals surface area contributed by atoms with Gasteiger partial charge in [-0.2, -0.15) is 0 Å². The second-order valence-electron chi connectivity index (χ2n) is 5.65. The van der Waals surface area contributed by atoms with Gasteiger partial charge in [-0.1, -0.05) is 48.5 Å². The highest BCUT2D eigenvalue weighted by molar-refractivity contribution is 6.09. The molecule has 5 nitrogen and oxygen atoms in total. The SMILES string of the molecule is Nc1cc(C(=O)c2ccccc2)ccc1OCC(=O)Nc1ccccc1. The Bertz CT molecular complexity index is 909. The highest BCUT2D eigenvalue weighted by Gasteiger charge is 2.12. The standard InChI is InChI=1S/C21H18N2O3/c22-18-13-16(21(25)15-7-3-1-4-8-15)11-12-19(18)26-14-20(24)23-17-9-5-2-6-10-17/h1-13H,14,22H2,(H,23,24). The maximum Gasteiger partial charge on any atom is 0.262 e. The molecule has 130 valence electrons. The van der Waals surface area contributed by atoms with Gasteiger partial charge in [0.05, 0.1) is 5.69 Å². The molecule has 26 heavy (non-hydrogen) atoms. The number of nitrogens with two attached hydrogens (primary N) is 1. The normalized spacial score (nSPS) is 10.2. The third kappa shape index (κ3) is 4.27. The van der Waals surface area contributed by atoms with Crippen molar-refractivity contribution < 1.29 is 14.3 Å². The van der Waals surface area contributed by atoms with Gasteiger partial charge in [-0.15, -0.1) is 0 Å². The van der Waals surface area contributed by atoms with Crippen LogP contribution in [0, 0.1) is 0 Å². The lowest BCUT2D eigenvalue weighted by molar-refractivity contribution is -0.118. The van der Waals surface area contributed by atoms with E-state index in [0.29, 0.717) is 28.3 Å². The van der Waals surface area contributed by atoms with Crippen molar-refractivity contribution in [3.63, 3.8) is 0 Å². The number of hydrogen-bond donors (Lipinski definition) is 2. The molecule has 0 radical (unpaired) electrons. The van der Waals surface area contributed by atoms with Gasteiger partial charge in [-0.3, -0.25) is 9.59 Å². The summed E-state index contributed by atoms with van der Waals surface area (Å²) in [6, 6.07) is 22.8. The molecule has 0 heterocycles. The minimum atomic E-state index is -0.292. The van der Waals surface area contributed by atoms with Crippen LogP contribution in [-0.2, 0) is 4.79 Å². The van der Waals surface area contributed by atoms with Crippen LogP contribution in [0.15, 0.2) is 78.9 Å². The first-order chi connectivity index (χ1) is 12.6. The summed E-state index contributed by atoms with van der Waals surface area (Å²) < 4.78 is 5.46. The molecule has 0 saturated carbocycles. The topological polar surface area (TPSA) is 81.4 Å². The van der Waals surface area contributed by atoms with Gasteiger partial charge in [-0.25, -0.2) is 0 Å². The van der Waals surface area contributed by atoms with E-state index in [1.54, 1.807) is 54.6 Å². The van der Waals surface area contributed by atoms with E-state index in [1.165, 1.54) is 0 Å². The smallest absolute Gasteiger partial charge is 0.262 e. The Kier molecular flexibility index (Phi) is 5.29. The van der Waals surface area contributed by atoms with E-state index in [9.17, 15) is 9.59 Å². The number of ketones is 1. The first-order valence-electron chi connectivity index (χ1n) is 8.10. The summed E-state index contributed by atoms with van der Waals surface area (Å²) in [5, 5.41) is 2.72. The van der Waals surface area contributed by atoms with Crippen molar-refractivity contribution in [2.24, 2.45) is 0 Å². The van der Waals surface area contributed by atoms with Gasteiger partial charge >= 0.3 is 0 Å². The first-order valence-corrected chi connectivity index (χ1v) is 8.10. The van der Waals surface area contributed by atoms with Gasteiger partial charge in [0, 0.05) is 16.8 Å². The van der Waals surface area contributed by atoms with Crippen LogP contribution in [0.25, 0.3) is 0 Å². The molecule has 0 aliphatic heterocycles. The molecule has 5 heteroatoms. The lowest BCUT2D eigenvalue weighted by Gasteiger charge is -2.10. The molecule has 0 unspecified atom stereocenters. The largest absolute Gasteiger partial charge is 0.482 e. The number of para-hydroxylation sites is 1. The Morgan fingerprint density at radius 3 is 2.15 bits per heavy atom. The first kappa shape index (κ1) is 17.2. The molecule has 0 bridgehead atoms. The van der Waals surface area contributed by atoms with Gasteiger partial charge in [0.1, 0.15) is 5.75 Å². The van der Waals surface area contributed by atoms with Gasteiger partial charge in [-0.05, 0) is 30.3 Å². The molecule has 1 amide bonds. The number of rotatable bonds is 6. The van der Waals surface area contributed by atoms with Crippen LogP contribution in [0.3, 0.4) is 0 Å². The quantitative estimate of drug-likeness (QED) is 0.528. The highest BCUT2D eigenvalue weighted by Crippen LogP contribution is 2.24. The molecule has 0 saturated heterocycles. The number of anilines is 2. The van der Waals surface area contributed by atoms with Crippen molar-refractivity contribution in [3.05, 3.63) is 90.0 Å². The summed E-state index contributed by atoms with van der Waals surface area (Å²) >= 11 is 0. The molecule has 0 aliphatic carbocycles. The Morgan fingerprint density at radius 2 is 1.50 bits per heavy atom. The highest BCUT2D eigenvalue weighted by atomic mass is 16.5. The Labute approximate surface area is 151 Å². The molecule has 3 rings (SSSR count). The molecule has 0 spiro atoms. The number of carbonyl (C=O) groups is 2. The fourth-order valence-corrected chi connectivity index (χ4v) is 2.44. The monoisotopic (exact) mass is 346 g/mol. The van der Waals surface area contributed by atoms with Crippen molar-refractivity contribution in [1.82, 2.24) is 0 Å². The van der Waals surface area contributed by atoms with Crippen LogP contribution in [0.2, 0.25) is 0 Å². The van der Waals surface area contributed by atoms with E-state index in [1.807, 2.05) is 24.3 Å². The number of nitrogen functional groups attached to an aromatic ring is 1. The van der Waals surface area contributed by atoms with E-state index < -0.39 is 0 Å². The number of ether oxygens (including phenoxy) is 1. The third-order valence-electron chi connectivity index (χ3n) is 3.72. The Hall–Kier alpha value is -3.60. The van der Waals surface area contributed by atoms with Crippen molar-refractivity contribution in [3.8, 4) is 5.75 Å². The number of amides is 1. The number of benzene rings is 3. The second-order valence-corrected chi connectivity index (χ2v) is 5.65. The van der Waals surface area contributed by atoms with Gasteiger partial charge in [0.15, 0.2) is 12.4 Å². The Morgan fingerprint density at radius 1 is 0.846 bits per heavy atom. The fraction of sp³-hybridized carbons (Fsp3) is 0.0476. The molecule has 3 N–H and O–H groups in total. The molecule has 0 aliphatic rings. The summed E-state index contributed by atoms with van der Waals surface area (Å²) in [6.45, 7) is -0.176. The number of carbonyl (C=O) groups excluding carboxylic acids is 2. The number of hydrogen-bond acceptors (Lipinski definition) is 4. The van der Waals surface area contributed by atoms with E-state index in [0.717, 1.165) is 0 Å². The average molecular weight is 346 g/mol. The van der Waals surface area contributed by atoms with Crippen molar-refractivity contribution in [2.45, 2.75) is 0 Å². The molecular weight excluding hydrogens is 328 g/mol. The number of nitrogens with one attached hydrogen (secondary N) is 1. The Balaban J connectivity index is 1.63. The van der Waals surface area contributed by atoms with E-state index in [-0.39, 0.29) is 18.3 Å². The molecule has 3 aromatic carbocycles. The van der Waals surface area contributed by atoms with E-state index in [2.05, 4.69) is 5.32 Å². The van der Waals surface area contributed by atoms with Crippen LogP contribution in [0.1, 0.15) is 15.9 Å². The lowest BCUT2D eigenvalue weighted by atomic mass is 10.0. The van der Waals surface area contributed by atoms with E-state index >= 15 is 0 Å². The maximum atomic E-state index is 12.4. The van der Waals surface area contributed by atoms with Crippen LogP contribution in [0.5, 0.6) is 5.75 Å². The van der Waals surface area contributed by atoms with Crippen LogP contribution in [-0.4, -0.2) is 18.3 Å². The third-order valence-corrected chi connectivity index (χ3v) is 3.72. The van der Waals surface area contributed by atoms with Crippen LogP contribution >= 0.6 is 0 Å². The summed E-state index contributed by atoms with van der Waals surface area (Å²) in [5.74, 6) is -0.0523. The van der Waals surface area contributed by atoms with Crippen LogP contribution in [0.4, 0.5) is 11.4 Å². The molecule has 0 aromatic heterocycles. The zero-order valence-electron chi connectivity index (χ0n) is 14.0. The average Bonchev–Trinajstić information content (AvgIpc) is 2.68. The fourth-order valence-electron chi connectivity index (χ4n) is 2.44. The molecular formula is C21H18N2O3. The summed E-state index contributed by atoms with van der Waals surface area (Å²) in [6.07, 6.45) is 0.